The number of allylic oxidation sites excluding steroid dienone is 6. The van der Waals surface area contributed by atoms with Gasteiger partial charge in [-0.05, 0) is 44.9 Å². The van der Waals surface area contributed by atoms with Crippen LogP contribution in [0.5, 0.6) is 0 Å². The summed E-state index contributed by atoms with van der Waals surface area (Å²) in [4.78, 5) is 37.6. The number of nitrogens with zero attached hydrogens (tertiary/aromatic N) is 1. The normalized spacial score (nSPS) is 13.8. The van der Waals surface area contributed by atoms with Crippen LogP contribution in [0.2, 0.25) is 0 Å². The Balaban J connectivity index is 4.30. The fourth-order valence-corrected chi connectivity index (χ4v) is 7.22. The average molecular weight is 840 g/mol. The van der Waals surface area contributed by atoms with Crippen molar-refractivity contribution in [2.24, 2.45) is 0 Å². The molecule has 0 fully saturated rings. The largest absolute Gasteiger partial charge is 0.756 e. The second-order valence-electron chi connectivity index (χ2n) is 17.1. The molecule has 0 spiro atoms. The van der Waals surface area contributed by atoms with Crippen molar-refractivity contribution in [3.63, 3.8) is 0 Å². The lowest BCUT2D eigenvalue weighted by Gasteiger charge is -2.28. The average Bonchev–Trinajstić information content (AvgIpc) is 3.17. The summed E-state index contributed by atoms with van der Waals surface area (Å²) < 4.78 is 34.0. The first-order valence-electron chi connectivity index (χ1n) is 23.7. The zero-order valence-corrected chi connectivity index (χ0v) is 39.1. The van der Waals surface area contributed by atoms with Gasteiger partial charge in [0.15, 0.2) is 6.10 Å². The Morgan fingerprint density at radius 1 is 0.552 bits per heavy atom. The van der Waals surface area contributed by atoms with E-state index in [0.29, 0.717) is 17.4 Å². The van der Waals surface area contributed by atoms with Crippen LogP contribution in [-0.2, 0) is 32.7 Å². The summed E-state index contributed by atoms with van der Waals surface area (Å²) in [6.07, 6.45) is 45.9. The smallest absolute Gasteiger partial charge is 0.306 e. The molecule has 0 aromatic carbocycles. The number of phosphoric ester groups is 1. The Bertz CT molecular complexity index is 1090. The van der Waals surface area contributed by atoms with E-state index in [1.54, 1.807) is 0 Å². The van der Waals surface area contributed by atoms with Gasteiger partial charge in [0.1, 0.15) is 19.8 Å². The van der Waals surface area contributed by atoms with Gasteiger partial charge in [-0.15, -0.1) is 0 Å². The Morgan fingerprint density at radius 2 is 0.983 bits per heavy atom. The Kier molecular flexibility index (Phi) is 39.4. The molecule has 0 aliphatic heterocycles. The van der Waals surface area contributed by atoms with Crippen LogP contribution in [0.1, 0.15) is 206 Å². The summed E-state index contributed by atoms with van der Waals surface area (Å²) in [5.41, 5.74) is 0. The van der Waals surface area contributed by atoms with E-state index in [4.69, 9.17) is 18.5 Å². The van der Waals surface area contributed by atoms with Crippen molar-refractivity contribution in [2.45, 2.75) is 213 Å². The summed E-state index contributed by atoms with van der Waals surface area (Å²) in [7, 11) is 1.16. The van der Waals surface area contributed by atoms with Crippen LogP contribution < -0.4 is 4.89 Å². The number of rotatable bonds is 43. The van der Waals surface area contributed by atoms with Crippen LogP contribution in [0, 0.1) is 0 Å². The highest BCUT2D eigenvalue weighted by molar-refractivity contribution is 7.45. The molecule has 9 nitrogen and oxygen atoms in total. The molecule has 0 aliphatic rings. The van der Waals surface area contributed by atoms with Crippen molar-refractivity contribution in [1.82, 2.24) is 0 Å². The zero-order chi connectivity index (χ0) is 42.8. The first-order valence-corrected chi connectivity index (χ1v) is 25.2. The summed E-state index contributed by atoms with van der Waals surface area (Å²) >= 11 is 0. The maximum Gasteiger partial charge on any atom is 0.306 e. The third kappa shape index (κ3) is 43.8. The highest BCUT2D eigenvalue weighted by Crippen LogP contribution is 2.38. The van der Waals surface area contributed by atoms with Crippen molar-refractivity contribution in [3.05, 3.63) is 36.5 Å². The van der Waals surface area contributed by atoms with Crippen LogP contribution in [-0.4, -0.2) is 70.0 Å². The maximum atomic E-state index is 12.7. The lowest BCUT2D eigenvalue weighted by Crippen LogP contribution is -2.37. The highest BCUT2D eigenvalue weighted by Gasteiger charge is 2.21. The topological polar surface area (TPSA) is 111 Å². The van der Waals surface area contributed by atoms with Crippen LogP contribution in [0.15, 0.2) is 36.5 Å². The van der Waals surface area contributed by atoms with Gasteiger partial charge in [-0.25, -0.2) is 0 Å². The highest BCUT2D eigenvalue weighted by atomic mass is 31.2. The molecule has 0 saturated heterocycles. The second kappa shape index (κ2) is 40.6. The zero-order valence-electron chi connectivity index (χ0n) is 38.2. The molecule has 0 aromatic heterocycles. The molecule has 0 aliphatic carbocycles. The minimum Gasteiger partial charge on any atom is -0.756 e. The summed E-state index contributed by atoms with van der Waals surface area (Å²) in [5.74, 6) is -0.839. The van der Waals surface area contributed by atoms with E-state index >= 15 is 0 Å². The third-order valence-electron chi connectivity index (χ3n) is 10.2. The monoisotopic (exact) mass is 840 g/mol. The number of esters is 2. The minimum absolute atomic E-state index is 0.0322. The molecule has 2 atom stereocenters. The van der Waals surface area contributed by atoms with Gasteiger partial charge < -0.3 is 27.9 Å². The number of likely N-dealkylation sites (N-methyl/N-ethyl adjacent to an activating group) is 1. The van der Waals surface area contributed by atoms with Crippen LogP contribution in [0.3, 0.4) is 0 Å². The number of hydrogen-bond donors (Lipinski definition) is 0. The third-order valence-corrected chi connectivity index (χ3v) is 11.1. The van der Waals surface area contributed by atoms with E-state index in [0.717, 1.165) is 64.2 Å². The number of quaternary nitrogens is 1. The molecule has 0 aromatic rings. The standard InChI is InChI=1S/C48H90NO8P/c1-6-8-10-12-14-16-18-20-22-24-26-28-30-32-34-36-38-40-47(50)54-44-46(45-56-58(52,53)55-43-42-49(3,4)5)57-48(51)41-39-37-35-33-31-29-27-25-23-21-19-17-15-13-11-9-7-2/h9,11,15,17,21,23,46H,6-8,10,12-14,16,18-20,22,24-45H2,1-5H3/b11-9-,17-15-,23-21-. The molecule has 0 rings (SSSR count). The first kappa shape index (κ1) is 56.2. The quantitative estimate of drug-likeness (QED) is 0.0196. The Morgan fingerprint density at radius 3 is 1.47 bits per heavy atom. The van der Waals surface area contributed by atoms with Gasteiger partial charge in [0.05, 0.1) is 27.7 Å². The molecule has 0 bridgehead atoms. The van der Waals surface area contributed by atoms with E-state index in [2.05, 4.69) is 50.3 Å². The lowest BCUT2D eigenvalue weighted by molar-refractivity contribution is -0.870. The van der Waals surface area contributed by atoms with Crippen LogP contribution in [0.4, 0.5) is 0 Å². The lowest BCUT2D eigenvalue weighted by atomic mass is 10.0. The van der Waals surface area contributed by atoms with Gasteiger partial charge in [-0.3, -0.25) is 14.2 Å². The Labute approximate surface area is 357 Å². The molecule has 0 heterocycles. The van der Waals surface area contributed by atoms with Gasteiger partial charge in [0.2, 0.25) is 0 Å². The predicted octanol–water partition coefficient (Wildman–Crippen LogP) is 13.1. The van der Waals surface area contributed by atoms with E-state index in [1.165, 1.54) is 109 Å². The molecular formula is C48H90NO8P. The molecule has 0 N–H and O–H groups in total. The molecular weight excluding hydrogens is 750 g/mol. The van der Waals surface area contributed by atoms with Gasteiger partial charge in [-0.1, -0.05) is 185 Å². The number of hydrogen-bond acceptors (Lipinski definition) is 8. The van der Waals surface area contributed by atoms with Crippen molar-refractivity contribution in [2.75, 3.05) is 47.5 Å². The maximum absolute atomic E-state index is 12.7. The van der Waals surface area contributed by atoms with E-state index in [-0.39, 0.29) is 32.0 Å². The molecule has 0 amide bonds. The van der Waals surface area contributed by atoms with Gasteiger partial charge in [-0.2, -0.15) is 0 Å². The first-order chi connectivity index (χ1) is 28.0. The van der Waals surface area contributed by atoms with Crippen LogP contribution >= 0.6 is 7.82 Å². The summed E-state index contributed by atoms with van der Waals surface area (Å²) in [5, 5.41) is 0. The van der Waals surface area contributed by atoms with Crippen molar-refractivity contribution in [3.8, 4) is 0 Å². The second-order valence-corrected chi connectivity index (χ2v) is 18.5. The van der Waals surface area contributed by atoms with Crippen molar-refractivity contribution in [1.29, 1.82) is 0 Å². The van der Waals surface area contributed by atoms with E-state index < -0.39 is 26.5 Å². The SMILES string of the molecule is CC/C=C\C/C=C\C/C=C\CCCCCCCCCC(=O)OC(COC(=O)CCCCCCCCCCCCCCCCCCC)COP(=O)([O-])OCC[N+](C)(C)C. The van der Waals surface area contributed by atoms with Crippen molar-refractivity contribution < 1.29 is 42.1 Å². The van der Waals surface area contributed by atoms with Crippen LogP contribution in [0.25, 0.3) is 0 Å². The molecule has 2 unspecified atom stereocenters. The Hall–Kier alpha value is -1.77. The van der Waals surface area contributed by atoms with Gasteiger partial charge in [0.25, 0.3) is 7.82 Å². The number of carbonyl (C=O) groups is 2. The molecule has 0 saturated carbocycles. The number of unbranched alkanes of at least 4 members (excludes halogenated alkanes) is 23. The molecule has 58 heavy (non-hydrogen) atoms. The minimum atomic E-state index is -4.63. The number of phosphoric acid groups is 1. The summed E-state index contributed by atoms with van der Waals surface area (Å²) in [6.45, 7) is 4.13. The predicted molar refractivity (Wildman–Crippen MR) is 241 cm³/mol. The molecule has 10 heteroatoms. The van der Waals surface area contributed by atoms with E-state index in [1.807, 2.05) is 21.1 Å². The van der Waals surface area contributed by atoms with Gasteiger partial charge in [0, 0.05) is 12.8 Å². The van der Waals surface area contributed by atoms with Crippen molar-refractivity contribution >= 4 is 19.8 Å². The van der Waals surface area contributed by atoms with Gasteiger partial charge >= 0.3 is 11.9 Å². The fraction of sp³-hybridized carbons (Fsp3) is 0.833. The van der Waals surface area contributed by atoms with E-state index in [9.17, 15) is 19.0 Å². The molecule has 0 radical (unpaired) electrons. The molecule has 340 valence electrons. The fourth-order valence-electron chi connectivity index (χ4n) is 6.49. The summed E-state index contributed by atoms with van der Waals surface area (Å²) in [6, 6.07) is 0. The number of ether oxygens (including phenoxy) is 2. The number of carbonyl (C=O) groups excluding carboxylic acids is 2.